The molecule has 0 bridgehead atoms. The van der Waals surface area contributed by atoms with E-state index in [2.05, 4.69) is 36.5 Å². The van der Waals surface area contributed by atoms with Crippen LogP contribution in [0.25, 0.3) is 10.2 Å². The predicted molar refractivity (Wildman–Crippen MR) is 77.1 cm³/mol. The summed E-state index contributed by atoms with van der Waals surface area (Å²) in [7, 11) is 1.82. The van der Waals surface area contributed by atoms with Gasteiger partial charge >= 0.3 is 0 Å². The molecule has 3 aromatic rings. The lowest BCUT2D eigenvalue weighted by Gasteiger charge is -2.33. The smallest absolute Gasteiger partial charge is 0.181 e. The number of tetrazole rings is 1. The molecule has 0 radical (unpaired) electrons. The monoisotopic (exact) mass is 303 g/mol. The van der Waals surface area contributed by atoms with Gasteiger partial charge in [0.15, 0.2) is 5.82 Å². The molecule has 1 aliphatic rings. The first-order chi connectivity index (χ1) is 10.3. The van der Waals surface area contributed by atoms with Gasteiger partial charge in [-0.3, -0.25) is 0 Å². The Balaban J connectivity index is 1.67. The molecule has 108 valence electrons. The van der Waals surface area contributed by atoms with Crippen LogP contribution in [0.5, 0.6) is 0 Å². The van der Waals surface area contributed by atoms with Crippen molar-refractivity contribution in [3.63, 3.8) is 0 Å². The van der Waals surface area contributed by atoms with E-state index in [-0.39, 0.29) is 6.10 Å². The molecule has 8 nitrogen and oxygen atoms in total. The highest BCUT2D eigenvalue weighted by atomic mass is 32.1. The van der Waals surface area contributed by atoms with Gasteiger partial charge in [0.05, 0.1) is 18.5 Å². The zero-order chi connectivity index (χ0) is 14.2. The van der Waals surface area contributed by atoms with Crippen molar-refractivity contribution in [1.82, 2.24) is 30.2 Å². The Bertz CT molecular complexity index is 770. The molecule has 3 aromatic heterocycles. The van der Waals surface area contributed by atoms with Crippen molar-refractivity contribution < 1.29 is 4.74 Å². The Kier molecular flexibility index (Phi) is 3.00. The lowest BCUT2D eigenvalue weighted by atomic mass is 10.2. The quantitative estimate of drug-likeness (QED) is 0.692. The molecule has 1 fully saturated rings. The van der Waals surface area contributed by atoms with Gasteiger partial charge in [-0.05, 0) is 21.9 Å². The van der Waals surface area contributed by atoms with E-state index in [4.69, 9.17) is 4.74 Å². The van der Waals surface area contributed by atoms with Crippen molar-refractivity contribution in [3.05, 3.63) is 23.6 Å². The molecule has 0 aliphatic carbocycles. The summed E-state index contributed by atoms with van der Waals surface area (Å²) in [6.07, 6.45) is 1.46. The molecular formula is C12H13N7OS. The number of hydrogen-bond donors (Lipinski definition) is 0. The maximum absolute atomic E-state index is 5.80. The number of nitrogens with zero attached hydrogens (tertiary/aromatic N) is 7. The largest absolute Gasteiger partial charge is 0.366 e. The van der Waals surface area contributed by atoms with Crippen molar-refractivity contribution in [3.8, 4) is 0 Å². The number of rotatable bonds is 2. The summed E-state index contributed by atoms with van der Waals surface area (Å²) in [5.74, 6) is 1.68. The maximum atomic E-state index is 5.80. The molecular weight excluding hydrogens is 290 g/mol. The third-order valence-electron chi connectivity index (χ3n) is 3.55. The number of hydrogen-bond acceptors (Lipinski definition) is 8. The maximum Gasteiger partial charge on any atom is 0.181 e. The Morgan fingerprint density at radius 3 is 3.19 bits per heavy atom. The minimum absolute atomic E-state index is 0.151. The van der Waals surface area contributed by atoms with E-state index < -0.39 is 0 Å². The van der Waals surface area contributed by atoms with Gasteiger partial charge in [0.25, 0.3) is 0 Å². The summed E-state index contributed by atoms with van der Waals surface area (Å²) in [5.41, 5.74) is 0. The van der Waals surface area contributed by atoms with Crippen LogP contribution in [0.15, 0.2) is 17.8 Å². The lowest BCUT2D eigenvalue weighted by molar-refractivity contribution is 0.0314. The van der Waals surface area contributed by atoms with Crippen LogP contribution in [0.3, 0.4) is 0 Å². The average Bonchev–Trinajstić information content (AvgIpc) is 3.15. The van der Waals surface area contributed by atoms with Gasteiger partial charge in [-0.25, -0.2) is 14.6 Å². The lowest BCUT2D eigenvalue weighted by Crippen LogP contribution is -2.39. The van der Waals surface area contributed by atoms with Crippen molar-refractivity contribution in [1.29, 1.82) is 0 Å². The minimum Gasteiger partial charge on any atom is -0.366 e. The zero-order valence-corrected chi connectivity index (χ0v) is 12.2. The van der Waals surface area contributed by atoms with Crippen LogP contribution in [0.1, 0.15) is 11.9 Å². The van der Waals surface area contributed by atoms with Crippen LogP contribution in [-0.4, -0.2) is 49.9 Å². The van der Waals surface area contributed by atoms with Crippen LogP contribution in [0.2, 0.25) is 0 Å². The van der Waals surface area contributed by atoms with E-state index in [0.717, 1.165) is 28.4 Å². The molecule has 21 heavy (non-hydrogen) atoms. The van der Waals surface area contributed by atoms with Gasteiger partial charge in [0.2, 0.25) is 0 Å². The standard InChI is InChI=1S/C12H13N7OS/c1-18-11(15-16-17-18)9-6-19(3-4-20-9)10-8-2-5-21-12(8)14-7-13-10/h2,5,7,9H,3-4,6H2,1H3. The number of ether oxygens (including phenoxy) is 1. The van der Waals surface area contributed by atoms with E-state index in [9.17, 15) is 0 Å². The molecule has 9 heteroatoms. The number of anilines is 1. The van der Waals surface area contributed by atoms with Gasteiger partial charge in [0, 0.05) is 13.6 Å². The predicted octanol–water partition coefficient (Wildman–Crippen LogP) is 0.793. The van der Waals surface area contributed by atoms with Crippen LogP contribution >= 0.6 is 11.3 Å². The number of fused-ring (bicyclic) bond motifs is 1. The number of aromatic nitrogens is 6. The first kappa shape index (κ1) is 12.6. The fourth-order valence-corrected chi connectivity index (χ4v) is 3.26. The second kappa shape index (κ2) is 5.01. The zero-order valence-electron chi connectivity index (χ0n) is 11.4. The van der Waals surface area contributed by atoms with Crippen molar-refractivity contribution >= 4 is 27.4 Å². The van der Waals surface area contributed by atoms with Gasteiger partial charge in [0.1, 0.15) is 23.1 Å². The Hall–Kier alpha value is -2.13. The summed E-state index contributed by atoms with van der Waals surface area (Å²) >= 11 is 1.62. The average molecular weight is 303 g/mol. The molecule has 0 spiro atoms. The Labute approximate surface area is 124 Å². The third-order valence-corrected chi connectivity index (χ3v) is 4.37. The van der Waals surface area contributed by atoms with Gasteiger partial charge < -0.3 is 9.64 Å². The Morgan fingerprint density at radius 1 is 1.38 bits per heavy atom. The molecule has 1 saturated heterocycles. The first-order valence-electron chi connectivity index (χ1n) is 6.60. The number of aryl methyl sites for hydroxylation is 1. The SMILES string of the molecule is Cn1nnnc1C1CN(c2ncnc3sccc23)CCO1. The van der Waals surface area contributed by atoms with Crippen molar-refractivity contribution in [2.75, 3.05) is 24.6 Å². The fourth-order valence-electron chi connectivity index (χ4n) is 2.54. The topological polar surface area (TPSA) is 81.9 Å². The molecule has 1 aliphatic heterocycles. The summed E-state index contributed by atoms with van der Waals surface area (Å²) < 4.78 is 7.45. The normalized spacial score (nSPS) is 19.3. The van der Waals surface area contributed by atoms with Crippen LogP contribution < -0.4 is 4.90 Å². The second-order valence-electron chi connectivity index (χ2n) is 4.80. The van der Waals surface area contributed by atoms with Crippen molar-refractivity contribution in [2.45, 2.75) is 6.10 Å². The molecule has 0 saturated carbocycles. The first-order valence-corrected chi connectivity index (χ1v) is 7.48. The van der Waals surface area contributed by atoms with E-state index in [1.165, 1.54) is 0 Å². The highest BCUT2D eigenvalue weighted by molar-refractivity contribution is 7.16. The molecule has 0 aromatic carbocycles. The van der Waals surface area contributed by atoms with E-state index in [1.54, 1.807) is 22.3 Å². The summed E-state index contributed by atoms with van der Waals surface area (Å²) in [6.45, 7) is 2.09. The fraction of sp³-hybridized carbons (Fsp3) is 0.417. The molecule has 1 atom stereocenters. The highest BCUT2D eigenvalue weighted by Crippen LogP contribution is 2.30. The minimum atomic E-state index is -0.151. The summed E-state index contributed by atoms with van der Waals surface area (Å²) in [5, 5.41) is 14.7. The molecule has 4 heterocycles. The van der Waals surface area contributed by atoms with E-state index in [1.807, 2.05) is 12.4 Å². The van der Waals surface area contributed by atoms with E-state index in [0.29, 0.717) is 13.2 Å². The third kappa shape index (κ3) is 2.14. The molecule has 1 unspecified atom stereocenters. The summed E-state index contributed by atoms with van der Waals surface area (Å²) in [4.78, 5) is 12.0. The van der Waals surface area contributed by atoms with Gasteiger partial charge in [-0.2, -0.15) is 0 Å². The van der Waals surface area contributed by atoms with Crippen LogP contribution in [0, 0.1) is 0 Å². The van der Waals surface area contributed by atoms with E-state index >= 15 is 0 Å². The Morgan fingerprint density at radius 2 is 2.33 bits per heavy atom. The number of morpholine rings is 1. The van der Waals surface area contributed by atoms with Crippen LogP contribution in [-0.2, 0) is 11.8 Å². The number of thiophene rings is 1. The molecule has 0 N–H and O–H groups in total. The summed E-state index contributed by atoms with van der Waals surface area (Å²) in [6, 6.07) is 2.06. The van der Waals surface area contributed by atoms with Gasteiger partial charge in [-0.1, -0.05) is 0 Å². The van der Waals surface area contributed by atoms with Gasteiger partial charge in [-0.15, -0.1) is 16.4 Å². The van der Waals surface area contributed by atoms with Crippen LogP contribution in [0.4, 0.5) is 5.82 Å². The highest BCUT2D eigenvalue weighted by Gasteiger charge is 2.27. The second-order valence-corrected chi connectivity index (χ2v) is 5.70. The molecule has 0 amide bonds. The van der Waals surface area contributed by atoms with Crippen molar-refractivity contribution in [2.24, 2.45) is 7.05 Å². The molecule has 4 rings (SSSR count).